The highest BCUT2D eigenvalue weighted by atomic mass is 16.4. The van der Waals surface area contributed by atoms with Gasteiger partial charge in [-0.15, -0.1) is 0 Å². The Hall–Kier alpha value is -3.42. The van der Waals surface area contributed by atoms with Gasteiger partial charge >= 0.3 is 5.97 Å². The Labute approximate surface area is 160 Å². The molecule has 1 aliphatic heterocycles. The predicted molar refractivity (Wildman–Crippen MR) is 98.2 cm³/mol. The number of hydrogen-bond acceptors (Lipinski definition) is 6. The van der Waals surface area contributed by atoms with Gasteiger partial charge in [-0.05, 0) is 48.7 Å². The molecule has 0 bridgehead atoms. The zero-order valence-electron chi connectivity index (χ0n) is 15.0. The van der Waals surface area contributed by atoms with Crippen LogP contribution in [0.2, 0.25) is 0 Å². The molecule has 8 nitrogen and oxygen atoms in total. The molecule has 8 heteroatoms. The Balaban J connectivity index is 1.73. The van der Waals surface area contributed by atoms with E-state index in [9.17, 15) is 35.1 Å². The highest BCUT2D eigenvalue weighted by molar-refractivity contribution is 5.85. The molecule has 0 fully saturated rings. The summed E-state index contributed by atoms with van der Waals surface area (Å²) in [5, 5.41) is 48.8. The quantitative estimate of drug-likeness (QED) is 0.494. The molecule has 2 aromatic carbocycles. The predicted octanol–water partition coefficient (Wildman–Crippen LogP) is 1.87. The number of amides is 1. The van der Waals surface area contributed by atoms with Gasteiger partial charge in [0.1, 0.15) is 29.0 Å². The smallest absolute Gasteiger partial charge is 0.326 e. The molecule has 1 heterocycles. The van der Waals surface area contributed by atoms with Crippen LogP contribution in [0.25, 0.3) is 0 Å². The lowest BCUT2D eigenvalue weighted by Crippen LogP contribution is -2.48. The molecule has 0 saturated carbocycles. The van der Waals surface area contributed by atoms with Crippen LogP contribution in [0.15, 0.2) is 30.3 Å². The second-order valence-electron chi connectivity index (χ2n) is 6.81. The number of aromatic hydroxyl groups is 4. The average Bonchev–Trinajstić information content (AvgIpc) is 2.66. The number of nitrogens with zero attached hydrogens (tertiary/aromatic N) is 1. The zero-order valence-corrected chi connectivity index (χ0v) is 15.0. The van der Waals surface area contributed by atoms with Crippen LogP contribution in [0.1, 0.15) is 29.5 Å². The van der Waals surface area contributed by atoms with Gasteiger partial charge in [0, 0.05) is 24.0 Å². The lowest BCUT2D eigenvalue weighted by molar-refractivity contribution is -0.151. The van der Waals surface area contributed by atoms with Crippen LogP contribution in [0.4, 0.5) is 0 Å². The molecule has 2 aromatic rings. The third-order valence-corrected chi connectivity index (χ3v) is 4.99. The van der Waals surface area contributed by atoms with Crippen molar-refractivity contribution >= 4 is 11.9 Å². The fraction of sp³-hybridized carbons (Fsp3) is 0.300. The summed E-state index contributed by atoms with van der Waals surface area (Å²) in [4.78, 5) is 25.5. The fourth-order valence-electron chi connectivity index (χ4n) is 3.48. The Morgan fingerprint density at radius 1 is 0.964 bits per heavy atom. The van der Waals surface area contributed by atoms with E-state index in [0.29, 0.717) is 29.5 Å². The van der Waals surface area contributed by atoms with E-state index >= 15 is 0 Å². The van der Waals surface area contributed by atoms with Crippen LogP contribution < -0.4 is 0 Å². The standard InChI is InChI=1S/C20H21NO7/c22-12-4-5-16(23)11(8-12)2-1-3-19(26)21-10-14-13(9-15(21)20(27)28)17(24)6-7-18(14)25/h4-8,15,22-25H,1-3,9-10H2,(H,27,28). The molecule has 28 heavy (non-hydrogen) atoms. The van der Waals surface area contributed by atoms with Gasteiger partial charge in [0.05, 0.1) is 6.54 Å². The summed E-state index contributed by atoms with van der Waals surface area (Å²) < 4.78 is 0. The normalized spacial score (nSPS) is 15.9. The number of carbonyl (C=O) groups excluding carboxylic acids is 1. The number of rotatable bonds is 5. The topological polar surface area (TPSA) is 139 Å². The highest BCUT2D eigenvalue weighted by Gasteiger charge is 2.36. The maximum atomic E-state index is 12.7. The van der Waals surface area contributed by atoms with Crippen LogP contribution in [0.3, 0.4) is 0 Å². The summed E-state index contributed by atoms with van der Waals surface area (Å²) in [5.74, 6) is -1.77. The Morgan fingerprint density at radius 2 is 1.61 bits per heavy atom. The fourth-order valence-corrected chi connectivity index (χ4v) is 3.48. The van der Waals surface area contributed by atoms with Gasteiger partial charge in [-0.1, -0.05) is 0 Å². The minimum Gasteiger partial charge on any atom is -0.508 e. The van der Waals surface area contributed by atoms with Gasteiger partial charge in [-0.2, -0.15) is 0 Å². The molecular formula is C20H21NO7. The van der Waals surface area contributed by atoms with Crippen molar-refractivity contribution in [1.82, 2.24) is 4.90 Å². The lowest BCUT2D eigenvalue weighted by Gasteiger charge is -2.35. The minimum atomic E-state index is -1.19. The summed E-state index contributed by atoms with van der Waals surface area (Å²) in [7, 11) is 0. The van der Waals surface area contributed by atoms with E-state index < -0.39 is 17.9 Å². The van der Waals surface area contributed by atoms with Crippen molar-refractivity contribution in [2.24, 2.45) is 0 Å². The van der Waals surface area contributed by atoms with Crippen molar-refractivity contribution in [2.45, 2.75) is 38.3 Å². The number of aryl methyl sites for hydroxylation is 1. The second kappa shape index (κ2) is 7.67. The Bertz CT molecular complexity index is 925. The van der Waals surface area contributed by atoms with Crippen molar-refractivity contribution < 1.29 is 35.1 Å². The number of aliphatic carboxylic acids is 1. The van der Waals surface area contributed by atoms with E-state index in [0.717, 1.165) is 0 Å². The highest BCUT2D eigenvalue weighted by Crippen LogP contribution is 2.36. The van der Waals surface area contributed by atoms with Gasteiger partial charge in [0.25, 0.3) is 0 Å². The first-order valence-electron chi connectivity index (χ1n) is 8.83. The molecule has 5 N–H and O–H groups in total. The van der Waals surface area contributed by atoms with Crippen molar-refractivity contribution in [2.75, 3.05) is 0 Å². The SMILES string of the molecule is O=C(O)C1Cc2c(O)ccc(O)c2CN1C(=O)CCCc1cc(O)ccc1O. The number of benzene rings is 2. The molecule has 3 rings (SSSR count). The van der Waals surface area contributed by atoms with Gasteiger partial charge < -0.3 is 30.4 Å². The maximum absolute atomic E-state index is 12.7. The average molecular weight is 387 g/mol. The van der Waals surface area contributed by atoms with Crippen LogP contribution in [0.5, 0.6) is 23.0 Å². The van der Waals surface area contributed by atoms with E-state index in [-0.39, 0.29) is 42.4 Å². The van der Waals surface area contributed by atoms with Gasteiger partial charge in [0.2, 0.25) is 5.91 Å². The van der Waals surface area contributed by atoms with Crippen molar-refractivity contribution in [1.29, 1.82) is 0 Å². The van der Waals surface area contributed by atoms with Crippen molar-refractivity contribution in [3.8, 4) is 23.0 Å². The summed E-state index contributed by atoms with van der Waals surface area (Å²) in [5.41, 5.74) is 1.17. The van der Waals surface area contributed by atoms with E-state index in [2.05, 4.69) is 0 Å². The molecule has 1 atom stereocenters. The summed E-state index contributed by atoms with van der Waals surface area (Å²) in [6, 6.07) is 5.60. The molecule has 148 valence electrons. The van der Waals surface area contributed by atoms with E-state index in [1.807, 2.05) is 0 Å². The number of phenolic OH excluding ortho intramolecular Hbond substituents is 4. The minimum absolute atomic E-state index is 0.00740. The van der Waals surface area contributed by atoms with Crippen LogP contribution in [0, 0.1) is 0 Å². The first kappa shape index (κ1) is 19.3. The third-order valence-electron chi connectivity index (χ3n) is 4.99. The third kappa shape index (κ3) is 3.80. The molecule has 0 aliphatic carbocycles. The van der Waals surface area contributed by atoms with Gasteiger partial charge in [-0.3, -0.25) is 4.79 Å². The van der Waals surface area contributed by atoms with Gasteiger partial charge in [-0.25, -0.2) is 4.79 Å². The molecule has 0 radical (unpaired) electrons. The molecule has 1 aliphatic rings. The number of carboxylic acids is 1. The number of carboxylic acid groups (broad SMARTS) is 1. The molecule has 0 aromatic heterocycles. The van der Waals surface area contributed by atoms with E-state index in [1.54, 1.807) is 0 Å². The van der Waals surface area contributed by atoms with Gasteiger partial charge in [0.15, 0.2) is 0 Å². The number of hydrogen-bond donors (Lipinski definition) is 5. The Morgan fingerprint density at radius 3 is 2.29 bits per heavy atom. The molecular weight excluding hydrogens is 366 g/mol. The van der Waals surface area contributed by atoms with E-state index in [4.69, 9.17) is 0 Å². The molecule has 0 saturated heterocycles. The molecule has 0 spiro atoms. The summed E-state index contributed by atoms with van der Waals surface area (Å²) in [6.07, 6.45) is 0.621. The van der Waals surface area contributed by atoms with Crippen molar-refractivity contribution in [3.05, 3.63) is 47.0 Å². The van der Waals surface area contributed by atoms with E-state index in [1.165, 1.54) is 35.2 Å². The van der Waals surface area contributed by atoms with Crippen LogP contribution >= 0.6 is 0 Å². The first-order chi connectivity index (χ1) is 13.3. The summed E-state index contributed by atoms with van der Waals surface area (Å²) in [6.45, 7) is -0.108. The zero-order chi connectivity index (χ0) is 20.4. The number of fused-ring (bicyclic) bond motifs is 1. The van der Waals surface area contributed by atoms with Crippen LogP contribution in [-0.2, 0) is 29.0 Å². The molecule has 1 amide bonds. The van der Waals surface area contributed by atoms with Crippen LogP contribution in [-0.4, -0.2) is 48.4 Å². The Kier molecular flexibility index (Phi) is 5.30. The molecule has 1 unspecified atom stereocenters. The second-order valence-corrected chi connectivity index (χ2v) is 6.81. The maximum Gasteiger partial charge on any atom is 0.326 e. The number of carbonyl (C=O) groups is 2. The number of phenols is 4. The summed E-state index contributed by atoms with van der Waals surface area (Å²) >= 11 is 0. The monoisotopic (exact) mass is 387 g/mol. The van der Waals surface area contributed by atoms with Crippen molar-refractivity contribution in [3.63, 3.8) is 0 Å². The largest absolute Gasteiger partial charge is 0.508 e. The lowest BCUT2D eigenvalue weighted by atomic mass is 9.92. The first-order valence-corrected chi connectivity index (χ1v) is 8.83.